The minimum atomic E-state index is -0.802. The highest BCUT2D eigenvalue weighted by Gasteiger charge is 2.31. The zero-order valence-electron chi connectivity index (χ0n) is 28.2. The minimum Gasteiger partial charge on any atom is -0.473 e. The van der Waals surface area contributed by atoms with Crippen molar-refractivity contribution in [2.75, 3.05) is 44.2 Å². The Hall–Kier alpha value is -5.09. The molecule has 10 heteroatoms. The zero-order valence-corrected chi connectivity index (χ0v) is 28.2. The SMILES string of the molecule is C[C@H](C1CCN(C(=O)O)CC1)N1CCN(c2cccc3c(-c4ccc(OCc5ccccc5)nc4OCc4ccccc4)nn(C)c23)CC1. The molecule has 5 aromatic rings. The van der Waals surface area contributed by atoms with Crippen LogP contribution in [-0.2, 0) is 20.3 Å². The number of nitrogens with zero attached hydrogens (tertiary/aromatic N) is 6. The third kappa shape index (κ3) is 7.19. The highest BCUT2D eigenvalue weighted by Crippen LogP contribution is 2.38. The fourth-order valence-corrected chi connectivity index (χ4v) is 7.26. The van der Waals surface area contributed by atoms with Crippen LogP contribution in [0.2, 0.25) is 0 Å². The van der Waals surface area contributed by atoms with E-state index >= 15 is 0 Å². The molecule has 10 nitrogen and oxygen atoms in total. The van der Waals surface area contributed by atoms with Crippen LogP contribution in [0.15, 0.2) is 91.0 Å². The number of piperidine rings is 1. The molecule has 3 aromatic carbocycles. The van der Waals surface area contributed by atoms with E-state index in [-0.39, 0.29) is 0 Å². The lowest BCUT2D eigenvalue weighted by Gasteiger charge is -2.43. The number of fused-ring (bicyclic) bond motifs is 1. The number of anilines is 1. The Morgan fingerprint density at radius 3 is 2.12 bits per heavy atom. The molecule has 2 aliphatic rings. The second-order valence-electron chi connectivity index (χ2n) is 13.1. The standard InChI is InChI=1S/C39H44N6O4/c1-28(31-18-20-45(21-19-31)39(46)47)43-22-24-44(25-23-43)34-15-9-14-32-36(41-42(2)37(32)34)33-16-17-35(48-26-29-10-5-3-6-11-29)40-38(33)49-27-30-12-7-4-8-13-30/h3-17,28,31H,18-27H2,1-2H3,(H,46,47)/t28-/m1/s1. The van der Waals surface area contributed by atoms with Crippen LogP contribution in [0.25, 0.3) is 22.2 Å². The fraction of sp³-hybridized carbons (Fsp3) is 0.359. The van der Waals surface area contributed by atoms with Crippen molar-refractivity contribution in [1.29, 1.82) is 0 Å². The molecule has 1 amide bonds. The number of carboxylic acid groups (broad SMARTS) is 1. The largest absolute Gasteiger partial charge is 0.473 e. The van der Waals surface area contributed by atoms with Crippen molar-refractivity contribution < 1.29 is 19.4 Å². The molecule has 2 saturated heterocycles. The number of pyridine rings is 1. The molecule has 1 atom stereocenters. The average Bonchev–Trinajstić information content (AvgIpc) is 3.49. The van der Waals surface area contributed by atoms with Crippen LogP contribution in [0.1, 0.15) is 30.9 Å². The molecule has 7 rings (SSSR count). The number of piperazine rings is 1. The van der Waals surface area contributed by atoms with Gasteiger partial charge in [0.15, 0.2) is 0 Å². The van der Waals surface area contributed by atoms with Crippen molar-refractivity contribution in [3.05, 3.63) is 102 Å². The maximum atomic E-state index is 11.4. The van der Waals surface area contributed by atoms with Gasteiger partial charge in [-0.15, -0.1) is 0 Å². The van der Waals surface area contributed by atoms with E-state index in [9.17, 15) is 9.90 Å². The van der Waals surface area contributed by atoms with E-state index in [0.29, 0.717) is 50.0 Å². The number of benzene rings is 3. The summed E-state index contributed by atoms with van der Waals surface area (Å²) in [4.78, 5) is 22.8. The Balaban J connectivity index is 1.11. The molecule has 2 fully saturated rings. The Bertz CT molecular complexity index is 1870. The van der Waals surface area contributed by atoms with Crippen molar-refractivity contribution in [3.63, 3.8) is 0 Å². The highest BCUT2D eigenvalue weighted by atomic mass is 16.5. The number of para-hydroxylation sites is 1. The smallest absolute Gasteiger partial charge is 0.407 e. The normalized spacial score (nSPS) is 16.5. The highest BCUT2D eigenvalue weighted by molar-refractivity contribution is 6.01. The molecule has 0 unspecified atom stereocenters. The summed E-state index contributed by atoms with van der Waals surface area (Å²) in [5.41, 5.74) is 6.02. The molecular formula is C39H44N6O4. The first-order valence-corrected chi connectivity index (χ1v) is 17.2. The van der Waals surface area contributed by atoms with Gasteiger partial charge in [0.1, 0.15) is 18.9 Å². The number of hydrogen-bond acceptors (Lipinski definition) is 7. The number of carbonyl (C=O) groups is 1. The van der Waals surface area contributed by atoms with Gasteiger partial charge in [-0.25, -0.2) is 4.79 Å². The summed E-state index contributed by atoms with van der Waals surface area (Å²) in [6.45, 7) is 8.13. The predicted octanol–water partition coefficient (Wildman–Crippen LogP) is 6.69. The van der Waals surface area contributed by atoms with Gasteiger partial charge in [-0.05, 0) is 48.9 Å². The summed E-state index contributed by atoms with van der Waals surface area (Å²) in [5, 5.41) is 15.4. The Kier molecular flexibility index (Phi) is 9.65. The maximum Gasteiger partial charge on any atom is 0.407 e. The lowest BCUT2D eigenvalue weighted by atomic mass is 9.89. The van der Waals surface area contributed by atoms with Gasteiger partial charge in [0.05, 0.1) is 16.8 Å². The van der Waals surface area contributed by atoms with Gasteiger partial charge in [-0.1, -0.05) is 72.8 Å². The summed E-state index contributed by atoms with van der Waals surface area (Å²) in [7, 11) is 2.01. The van der Waals surface area contributed by atoms with Gasteiger partial charge in [0.25, 0.3) is 0 Å². The molecule has 4 heterocycles. The molecule has 254 valence electrons. The zero-order chi connectivity index (χ0) is 33.7. The van der Waals surface area contributed by atoms with Crippen LogP contribution in [0.3, 0.4) is 0 Å². The molecule has 1 N–H and O–H groups in total. The second-order valence-corrected chi connectivity index (χ2v) is 13.1. The topological polar surface area (TPSA) is 96.2 Å². The summed E-state index contributed by atoms with van der Waals surface area (Å²) < 4.78 is 14.5. The van der Waals surface area contributed by atoms with Crippen molar-refractivity contribution in [2.24, 2.45) is 13.0 Å². The third-order valence-corrected chi connectivity index (χ3v) is 10.1. The molecular weight excluding hydrogens is 616 g/mol. The monoisotopic (exact) mass is 660 g/mol. The molecule has 2 aromatic heterocycles. The molecule has 0 spiro atoms. The van der Waals surface area contributed by atoms with Gasteiger partial charge in [-0.2, -0.15) is 10.1 Å². The van der Waals surface area contributed by atoms with E-state index in [1.165, 1.54) is 5.69 Å². The van der Waals surface area contributed by atoms with Crippen molar-refractivity contribution >= 4 is 22.7 Å². The number of hydrogen-bond donors (Lipinski definition) is 1. The van der Waals surface area contributed by atoms with E-state index in [4.69, 9.17) is 19.6 Å². The minimum absolute atomic E-state index is 0.375. The first kappa shape index (κ1) is 32.5. The van der Waals surface area contributed by atoms with Crippen molar-refractivity contribution in [2.45, 2.75) is 39.0 Å². The van der Waals surface area contributed by atoms with E-state index < -0.39 is 6.09 Å². The van der Waals surface area contributed by atoms with Crippen LogP contribution >= 0.6 is 0 Å². The molecule has 0 aliphatic carbocycles. The quantitative estimate of drug-likeness (QED) is 0.177. The maximum absolute atomic E-state index is 11.4. The van der Waals surface area contributed by atoms with E-state index in [1.807, 2.05) is 84.5 Å². The van der Waals surface area contributed by atoms with Crippen LogP contribution in [0.5, 0.6) is 11.8 Å². The Labute approximate surface area is 287 Å². The summed E-state index contributed by atoms with van der Waals surface area (Å²) in [6, 6.07) is 30.9. The van der Waals surface area contributed by atoms with Crippen LogP contribution in [0, 0.1) is 5.92 Å². The molecule has 2 aliphatic heterocycles. The molecule has 0 bridgehead atoms. The summed E-state index contributed by atoms with van der Waals surface area (Å²) in [6.07, 6.45) is 1.05. The van der Waals surface area contributed by atoms with E-state index in [1.54, 1.807) is 4.90 Å². The van der Waals surface area contributed by atoms with E-state index in [2.05, 4.69) is 34.9 Å². The lowest BCUT2D eigenvalue weighted by Crippen LogP contribution is -2.53. The first-order valence-electron chi connectivity index (χ1n) is 17.2. The van der Waals surface area contributed by atoms with Crippen molar-refractivity contribution in [3.8, 4) is 23.0 Å². The fourth-order valence-electron chi connectivity index (χ4n) is 7.26. The van der Waals surface area contributed by atoms with E-state index in [0.717, 1.165) is 72.3 Å². The summed E-state index contributed by atoms with van der Waals surface area (Å²) in [5.74, 6) is 1.50. The third-order valence-electron chi connectivity index (χ3n) is 10.1. The number of likely N-dealkylation sites (tertiary alicyclic amines) is 1. The number of amides is 1. The number of aromatic nitrogens is 3. The van der Waals surface area contributed by atoms with Gasteiger partial charge in [0.2, 0.25) is 11.8 Å². The van der Waals surface area contributed by atoms with Gasteiger partial charge < -0.3 is 24.4 Å². The predicted molar refractivity (Wildman–Crippen MR) is 191 cm³/mol. The average molecular weight is 661 g/mol. The van der Waals surface area contributed by atoms with Crippen LogP contribution < -0.4 is 14.4 Å². The first-order chi connectivity index (χ1) is 23.9. The van der Waals surface area contributed by atoms with Gasteiger partial charge in [-0.3, -0.25) is 9.58 Å². The van der Waals surface area contributed by atoms with Gasteiger partial charge >= 0.3 is 6.09 Å². The van der Waals surface area contributed by atoms with Crippen LogP contribution in [-0.4, -0.2) is 81.1 Å². The Morgan fingerprint density at radius 1 is 0.816 bits per heavy atom. The number of rotatable bonds is 10. The molecule has 0 saturated carbocycles. The Morgan fingerprint density at radius 2 is 1.47 bits per heavy atom. The number of aryl methyl sites for hydroxylation is 1. The van der Waals surface area contributed by atoms with Crippen LogP contribution in [0.4, 0.5) is 10.5 Å². The lowest BCUT2D eigenvalue weighted by molar-refractivity contribution is 0.0848. The molecule has 0 radical (unpaired) electrons. The second kappa shape index (κ2) is 14.6. The summed E-state index contributed by atoms with van der Waals surface area (Å²) >= 11 is 0. The van der Waals surface area contributed by atoms with Crippen molar-refractivity contribution in [1.82, 2.24) is 24.6 Å². The van der Waals surface area contributed by atoms with Gasteiger partial charge in [0, 0.05) is 63.8 Å². The number of ether oxygens (including phenoxy) is 2. The molecule has 49 heavy (non-hydrogen) atoms.